The highest BCUT2D eigenvalue weighted by Crippen LogP contribution is 2.30. The first-order valence-corrected chi connectivity index (χ1v) is 8.06. The zero-order valence-corrected chi connectivity index (χ0v) is 12.7. The first-order chi connectivity index (χ1) is 11.4. The lowest BCUT2D eigenvalue weighted by atomic mass is 10.2. The van der Waals surface area contributed by atoms with Crippen LogP contribution in [-0.2, 0) is 0 Å². The number of furan rings is 2. The summed E-state index contributed by atoms with van der Waals surface area (Å²) >= 11 is 1.58. The molecule has 5 rings (SSSR count). The summed E-state index contributed by atoms with van der Waals surface area (Å²) in [6.07, 6.45) is 1.61. The minimum atomic E-state index is 0.589. The smallest absolute Gasteiger partial charge is 0.221 e. The molecule has 0 saturated carbocycles. The average Bonchev–Trinajstić information content (AvgIpc) is 3.31. The van der Waals surface area contributed by atoms with E-state index in [2.05, 4.69) is 15.3 Å². The first-order valence-electron chi connectivity index (χ1n) is 7.07. The van der Waals surface area contributed by atoms with E-state index in [1.54, 1.807) is 22.7 Å². The summed E-state index contributed by atoms with van der Waals surface area (Å²) in [5, 5.41) is 14.8. The maximum absolute atomic E-state index is 5.91. The van der Waals surface area contributed by atoms with Crippen LogP contribution in [0.5, 0.6) is 0 Å². The molecule has 6 nitrogen and oxygen atoms in total. The van der Waals surface area contributed by atoms with Gasteiger partial charge in [-0.1, -0.05) is 30.0 Å². The lowest BCUT2D eigenvalue weighted by Gasteiger charge is -2.11. The van der Waals surface area contributed by atoms with Crippen molar-refractivity contribution in [2.24, 2.45) is 5.10 Å². The van der Waals surface area contributed by atoms with Crippen LogP contribution in [0.3, 0.4) is 0 Å². The molecule has 7 heteroatoms. The zero-order valence-electron chi connectivity index (χ0n) is 11.8. The highest BCUT2D eigenvalue weighted by atomic mass is 32.2. The van der Waals surface area contributed by atoms with Crippen LogP contribution in [0.2, 0.25) is 0 Å². The Bertz CT molecular complexity index is 997. The third-order valence-electron chi connectivity index (χ3n) is 3.62. The number of thioether (sulfide) groups is 1. The second kappa shape index (κ2) is 4.85. The molecular weight excluding hydrogens is 312 g/mol. The van der Waals surface area contributed by atoms with Crippen LogP contribution in [0.1, 0.15) is 5.76 Å². The Kier molecular flexibility index (Phi) is 2.68. The predicted octanol–water partition coefficient (Wildman–Crippen LogP) is 3.64. The normalized spacial score (nSPS) is 14.0. The molecule has 0 unspecified atom stereocenters. The molecule has 23 heavy (non-hydrogen) atoms. The van der Waals surface area contributed by atoms with Gasteiger partial charge in [0.15, 0.2) is 11.5 Å². The topological polar surface area (TPSA) is 69.3 Å². The fraction of sp³-hybridized carbons (Fsp3) is 0.0625. The van der Waals surface area contributed by atoms with Crippen LogP contribution in [0.25, 0.3) is 22.6 Å². The maximum atomic E-state index is 5.91. The minimum absolute atomic E-state index is 0.589. The van der Waals surface area contributed by atoms with Crippen LogP contribution < -0.4 is 0 Å². The van der Waals surface area contributed by atoms with Crippen LogP contribution in [0.15, 0.2) is 67.8 Å². The van der Waals surface area contributed by atoms with Crippen molar-refractivity contribution in [1.29, 1.82) is 0 Å². The highest BCUT2D eigenvalue weighted by molar-refractivity contribution is 7.99. The van der Waals surface area contributed by atoms with E-state index in [1.165, 1.54) is 0 Å². The fourth-order valence-corrected chi connectivity index (χ4v) is 3.35. The lowest BCUT2D eigenvalue weighted by Crippen LogP contribution is -2.13. The molecule has 0 saturated heterocycles. The fourth-order valence-electron chi connectivity index (χ4n) is 2.53. The highest BCUT2D eigenvalue weighted by Gasteiger charge is 2.23. The van der Waals surface area contributed by atoms with Gasteiger partial charge in [-0.05, 0) is 24.3 Å². The SMILES string of the molecule is c1coc(-c2nnc3n2N=C(c2cc4ccccc4o2)CS3)c1. The number of fused-ring (bicyclic) bond motifs is 2. The maximum Gasteiger partial charge on any atom is 0.221 e. The lowest BCUT2D eigenvalue weighted by molar-refractivity contribution is 0.570. The molecule has 0 atom stereocenters. The van der Waals surface area contributed by atoms with E-state index in [0.29, 0.717) is 17.3 Å². The van der Waals surface area contributed by atoms with Gasteiger partial charge in [-0.15, -0.1) is 10.2 Å². The van der Waals surface area contributed by atoms with Crippen LogP contribution in [-0.4, -0.2) is 26.3 Å². The van der Waals surface area contributed by atoms with E-state index in [1.807, 2.05) is 42.5 Å². The van der Waals surface area contributed by atoms with Gasteiger partial charge in [-0.2, -0.15) is 9.78 Å². The van der Waals surface area contributed by atoms with Gasteiger partial charge >= 0.3 is 0 Å². The van der Waals surface area contributed by atoms with Gasteiger partial charge in [0.2, 0.25) is 11.0 Å². The Morgan fingerprint density at radius 1 is 1.04 bits per heavy atom. The number of benzene rings is 1. The summed E-state index contributed by atoms with van der Waals surface area (Å²) < 4.78 is 13.0. The van der Waals surface area contributed by atoms with Crippen molar-refractivity contribution in [3.05, 3.63) is 54.5 Å². The van der Waals surface area contributed by atoms with Gasteiger partial charge in [-0.25, -0.2) is 0 Å². The number of hydrogen-bond acceptors (Lipinski definition) is 6. The quantitative estimate of drug-likeness (QED) is 0.563. The molecule has 4 aromatic rings. The third-order valence-corrected chi connectivity index (χ3v) is 4.55. The second-order valence-electron chi connectivity index (χ2n) is 5.08. The molecule has 0 amide bonds. The van der Waals surface area contributed by atoms with Crippen molar-refractivity contribution in [2.45, 2.75) is 5.16 Å². The van der Waals surface area contributed by atoms with Crippen molar-refractivity contribution in [3.8, 4) is 11.6 Å². The Labute approximate surface area is 134 Å². The molecule has 4 heterocycles. The Hall–Kier alpha value is -2.80. The van der Waals surface area contributed by atoms with Crippen molar-refractivity contribution < 1.29 is 8.83 Å². The standard InChI is InChI=1S/C16H10N4O2S/c1-2-5-12-10(4-1)8-14(22-12)11-9-23-16-18-17-15(20(16)19-11)13-6-3-7-21-13/h1-8H,9H2. The molecule has 112 valence electrons. The molecule has 0 fully saturated rings. The van der Waals surface area contributed by atoms with Gasteiger partial charge in [0, 0.05) is 11.1 Å². The van der Waals surface area contributed by atoms with E-state index in [-0.39, 0.29) is 0 Å². The summed E-state index contributed by atoms with van der Waals surface area (Å²) in [7, 11) is 0. The Morgan fingerprint density at radius 3 is 2.87 bits per heavy atom. The number of para-hydroxylation sites is 1. The summed E-state index contributed by atoms with van der Waals surface area (Å²) in [6.45, 7) is 0. The number of aromatic nitrogens is 3. The summed E-state index contributed by atoms with van der Waals surface area (Å²) in [4.78, 5) is 0. The predicted molar refractivity (Wildman–Crippen MR) is 86.6 cm³/mol. The van der Waals surface area contributed by atoms with Crippen molar-refractivity contribution in [1.82, 2.24) is 14.9 Å². The number of rotatable bonds is 2. The summed E-state index contributed by atoms with van der Waals surface area (Å²) in [6, 6.07) is 13.6. The van der Waals surface area contributed by atoms with Gasteiger partial charge < -0.3 is 8.83 Å². The van der Waals surface area contributed by atoms with Crippen molar-refractivity contribution >= 4 is 28.4 Å². The molecule has 1 aliphatic heterocycles. The summed E-state index contributed by atoms with van der Waals surface area (Å²) in [5.41, 5.74) is 1.71. The molecule has 0 radical (unpaired) electrons. The van der Waals surface area contributed by atoms with E-state index in [4.69, 9.17) is 8.83 Å². The number of hydrogen-bond donors (Lipinski definition) is 0. The van der Waals surface area contributed by atoms with Gasteiger partial charge in [0.05, 0.1) is 6.26 Å². The van der Waals surface area contributed by atoms with Crippen molar-refractivity contribution in [2.75, 3.05) is 5.75 Å². The Balaban J connectivity index is 1.63. The average molecular weight is 322 g/mol. The molecule has 0 bridgehead atoms. The van der Waals surface area contributed by atoms with Crippen LogP contribution >= 0.6 is 11.8 Å². The monoisotopic (exact) mass is 322 g/mol. The second-order valence-corrected chi connectivity index (χ2v) is 6.02. The van der Waals surface area contributed by atoms with Crippen LogP contribution in [0.4, 0.5) is 0 Å². The minimum Gasteiger partial charge on any atom is -0.461 e. The van der Waals surface area contributed by atoms with E-state index in [9.17, 15) is 0 Å². The van der Waals surface area contributed by atoms with Crippen molar-refractivity contribution in [3.63, 3.8) is 0 Å². The van der Waals surface area contributed by atoms with Gasteiger partial charge in [0.1, 0.15) is 11.3 Å². The van der Waals surface area contributed by atoms with E-state index < -0.39 is 0 Å². The van der Waals surface area contributed by atoms with Gasteiger partial charge in [0.25, 0.3) is 0 Å². The largest absolute Gasteiger partial charge is 0.461 e. The zero-order chi connectivity index (χ0) is 15.2. The molecule has 0 spiro atoms. The Morgan fingerprint density at radius 2 is 2.00 bits per heavy atom. The van der Waals surface area contributed by atoms with E-state index >= 15 is 0 Å². The molecule has 3 aromatic heterocycles. The molecular formula is C16H10N4O2S. The third kappa shape index (κ3) is 2.01. The first kappa shape index (κ1) is 12.7. The molecule has 1 aromatic carbocycles. The molecule has 0 N–H and O–H groups in total. The van der Waals surface area contributed by atoms with Gasteiger partial charge in [-0.3, -0.25) is 0 Å². The molecule has 1 aliphatic rings. The molecule has 0 aliphatic carbocycles. The van der Waals surface area contributed by atoms with E-state index in [0.717, 1.165) is 27.6 Å². The number of nitrogens with zero attached hydrogens (tertiary/aromatic N) is 4. The van der Waals surface area contributed by atoms with Crippen LogP contribution in [0, 0.1) is 0 Å². The summed E-state index contributed by atoms with van der Waals surface area (Å²) in [5.74, 6) is 2.68.